The maximum absolute atomic E-state index is 13.1. The summed E-state index contributed by atoms with van der Waals surface area (Å²) in [5, 5.41) is 0.388. The van der Waals surface area contributed by atoms with Crippen LogP contribution in [0.4, 0.5) is 0 Å². The van der Waals surface area contributed by atoms with Crippen molar-refractivity contribution < 1.29 is 14.2 Å². The SMILES string of the molecule is COc1cc(/C=c2/sc3nc4ccccc4n3c2=O)cc(Cl)c1OCCOc1ccc(C(C)(C)C)cc1. The van der Waals surface area contributed by atoms with Gasteiger partial charge in [-0.25, -0.2) is 9.38 Å². The first-order valence-corrected chi connectivity index (χ1v) is 13.1. The average molecular weight is 535 g/mol. The molecule has 2 heterocycles. The van der Waals surface area contributed by atoms with E-state index in [2.05, 4.69) is 37.9 Å². The molecule has 2 aromatic heterocycles. The summed E-state index contributed by atoms with van der Waals surface area (Å²) < 4.78 is 19.5. The van der Waals surface area contributed by atoms with Crippen LogP contribution in [-0.4, -0.2) is 29.7 Å². The lowest BCUT2D eigenvalue weighted by Crippen LogP contribution is -2.22. The van der Waals surface area contributed by atoms with Crippen LogP contribution in [0.2, 0.25) is 5.02 Å². The van der Waals surface area contributed by atoms with E-state index in [0.717, 1.165) is 22.3 Å². The van der Waals surface area contributed by atoms with Crippen LogP contribution in [0, 0.1) is 0 Å². The van der Waals surface area contributed by atoms with Gasteiger partial charge in [-0.15, -0.1) is 0 Å². The van der Waals surface area contributed by atoms with Crippen LogP contribution < -0.4 is 24.3 Å². The zero-order chi connectivity index (χ0) is 26.2. The molecule has 0 spiro atoms. The number of thiazole rings is 1. The van der Waals surface area contributed by atoms with Crippen molar-refractivity contribution >= 4 is 45.0 Å². The lowest BCUT2D eigenvalue weighted by molar-refractivity contribution is 0.211. The summed E-state index contributed by atoms with van der Waals surface area (Å²) in [7, 11) is 1.56. The Morgan fingerprint density at radius 2 is 1.76 bits per heavy atom. The molecule has 0 saturated heterocycles. The van der Waals surface area contributed by atoms with E-state index in [0.29, 0.717) is 39.2 Å². The molecule has 0 fully saturated rings. The molecule has 0 aliphatic rings. The average Bonchev–Trinajstić information content (AvgIpc) is 3.38. The molecule has 0 aliphatic heterocycles. The largest absolute Gasteiger partial charge is 0.493 e. The molecule has 8 heteroatoms. The highest BCUT2D eigenvalue weighted by molar-refractivity contribution is 7.15. The van der Waals surface area contributed by atoms with Gasteiger partial charge in [0.25, 0.3) is 5.56 Å². The van der Waals surface area contributed by atoms with Gasteiger partial charge in [-0.3, -0.25) is 4.79 Å². The van der Waals surface area contributed by atoms with Crippen LogP contribution >= 0.6 is 22.9 Å². The zero-order valence-corrected chi connectivity index (χ0v) is 22.7. The van der Waals surface area contributed by atoms with Crippen molar-refractivity contribution in [2.24, 2.45) is 0 Å². The summed E-state index contributed by atoms with van der Waals surface area (Å²) in [6, 6.07) is 19.2. The normalized spacial score (nSPS) is 12.4. The van der Waals surface area contributed by atoms with Crippen molar-refractivity contribution in [1.82, 2.24) is 9.38 Å². The molecule has 190 valence electrons. The fraction of sp³-hybridized carbons (Fsp3) is 0.241. The van der Waals surface area contributed by atoms with E-state index in [1.807, 2.05) is 36.4 Å². The fourth-order valence-electron chi connectivity index (χ4n) is 4.08. The molecule has 0 radical (unpaired) electrons. The van der Waals surface area contributed by atoms with Crippen molar-refractivity contribution in [3.63, 3.8) is 0 Å². The van der Waals surface area contributed by atoms with Gasteiger partial charge in [-0.1, -0.05) is 68.0 Å². The van der Waals surface area contributed by atoms with E-state index in [-0.39, 0.29) is 11.0 Å². The maximum Gasteiger partial charge on any atom is 0.274 e. The number of methoxy groups -OCH3 is 1. The Kier molecular flexibility index (Phi) is 6.84. The first-order valence-electron chi connectivity index (χ1n) is 11.9. The first-order chi connectivity index (χ1) is 17.7. The van der Waals surface area contributed by atoms with Gasteiger partial charge in [0.15, 0.2) is 16.5 Å². The van der Waals surface area contributed by atoms with Crippen LogP contribution in [0.25, 0.3) is 22.1 Å². The summed E-state index contributed by atoms with van der Waals surface area (Å²) >= 11 is 7.89. The van der Waals surface area contributed by atoms with E-state index >= 15 is 0 Å². The van der Waals surface area contributed by atoms with Crippen LogP contribution in [0.15, 0.2) is 65.5 Å². The Labute approximate surface area is 223 Å². The van der Waals surface area contributed by atoms with Crippen molar-refractivity contribution in [2.75, 3.05) is 20.3 Å². The number of rotatable bonds is 7. The minimum absolute atomic E-state index is 0.0942. The quantitative estimate of drug-likeness (QED) is 0.244. The molecular formula is C29H27ClN2O4S. The molecular weight excluding hydrogens is 508 g/mol. The molecule has 0 saturated carbocycles. The van der Waals surface area contributed by atoms with E-state index in [1.165, 1.54) is 16.9 Å². The van der Waals surface area contributed by atoms with E-state index in [1.54, 1.807) is 29.7 Å². The number of hydrogen-bond donors (Lipinski definition) is 0. The van der Waals surface area contributed by atoms with Crippen LogP contribution in [-0.2, 0) is 5.41 Å². The molecule has 0 bridgehead atoms. The minimum atomic E-state index is -0.114. The highest BCUT2D eigenvalue weighted by atomic mass is 35.5. The van der Waals surface area contributed by atoms with Gasteiger partial charge in [-0.2, -0.15) is 0 Å². The summed E-state index contributed by atoms with van der Waals surface area (Å²) in [5.41, 5.74) is 3.56. The predicted molar refractivity (Wildman–Crippen MR) is 150 cm³/mol. The summed E-state index contributed by atoms with van der Waals surface area (Å²) in [6.45, 7) is 7.18. The van der Waals surface area contributed by atoms with Crippen LogP contribution in [0.5, 0.6) is 17.2 Å². The molecule has 0 unspecified atom stereocenters. The van der Waals surface area contributed by atoms with Gasteiger partial charge in [-0.05, 0) is 59.0 Å². The molecule has 0 aliphatic carbocycles. The van der Waals surface area contributed by atoms with E-state index < -0.39 is 0 Å². The van der Waals surface area contributed by atoms with Crippen LogP contribution in [0.3, 0.4) is 0 Å². The van der Waals surface area contributed by atoms with Crippen LogP contribution in [0.1, 0.15) is 31.9 Å². The summed E-state index contributed by atoms with van der Waals surface area (Å²) in [4.78, 5) is 18.3. The second-order valence-corrected chi connectivity index (χ2v) is 11.1. The smallest absolute Gasteiger partial charge is 0.274 e. The number of fused-ring (bicyclic) bond motifs is 3. The van der Waals surface area contributed by atoms with E-state index in [4.69, 9.17) is 25.8 Å². The number of imidazole rings is 1. The summed E-state index contributed by atoms with van der Waals surface area (Å²) in [5.74, 6) is 1.69. The Balaban J connectivity index is 1.32. The van der Waals surface area contributed by atoms with Gasteiger partial charge < -0.3 is 14.2 Å². The highest BCUT2D eigenvalue weighted by Crippen LogP contribution is 2.36. The highest BCUT2D eigenvalue weighted by Gasteiger charge is 2.15. The number of aromatic nitrogens is 2. The topological polar surface area (TPSA) is 62.1 Å². The number of nitrogens with zero attached hydrogens (tertiary/aromatic N) is 2. The number of ether oxygens (including phenoxy) is 3. The minimum Gasteiger partial charge on any atom is -0.493 e. The number of para-hydroxylation sites is 2. The second kappa shape index (κ2) is 10.1. The lowest BCUT2D eigenvalue weighted by Gasteiger charge is -2.19. The monoisotopic (exact) mass is 534 g/mol. The van der Waals surface area contributed by atoms with Gasteiger partial charge >= 0.3 is 0 Å². The third kappa shape index (κ3) is 5.15. The second-order valence-electron chi connectivity index (χ2n) is 9.64. The number of halogens is 1. The third-order valence-corrected chi connectivity index (χ3v) is 7.26. The van der Waals surface area contributed by atoms with Crippen molar-refractivity contribution in [1.29, 1.82) is 0 Å². The first kappa shape index (κ1) is 25.1. The van der Waals surface area contributed by atoms with Gasteiger partial charge in [0, 0.05) is 0 Å². The van der Waals surface area contributed by atoms with Gasteiger partial charge in [0.05, 0.1) is 27.7 Å². The molecule has 5 rings (SSSR count). The van der Waals surface area contributed by atoms with E-state index in [9.17, 15) is 4.79 Å². The Hall–Kier alpha value is -3.55. The summed E-state index contributed by atoms with van der Waals surface area (Å²) in [6.07, 6.45) is 1.79. The lowest BCUT2D eigenvalue weighted by atomic mass is 9.87. The molecule has 0 amide bonds. The molecule has 0 atom stereocenters. The molecule has 6 nitrogen and oxygen atoms in total. The Morgan fingerprint density at radius 1 is 1.03 bits per heavy atom. The fourth-order valence-corrected chi connectivity index (χ4v) is 5.34. The van der Waals surface area contributed by atoms with Gasteiger partial charge in [0.2, 0.25) is 0 Å². The molecule has 0 N–H and O–H groups in total. The molecule has 3 aromatic carbocycles. The Bertz CT molecular complexity index is 1680. The third-order valence-electron chi connectivity index (χ3n) is 6.01. The molecule has 5 aromatic rings. The number of benzene rings is 3. The number of hydrogen-bond acceptors (Lipinski definition) is 6. The van der Waals surface area contributed by atoms with Crippen molar-refractivity contribution in [3.05, 3.63) is 91.7 Å². The zero-order valence-electron chi connectivity index (χ0n) is 21.1. The maximum atomic E-state index is 13.1. The van der Waals surface area contributed by atoms with Gasteiger partial charge in [0.1, 0.15) is 19.0 Å². The standard InChI is InChI=1S/C29H27ClN2O4S/c1-29(2,3)19-9-11-20(12-10-19)35-13-14-36-26-21(30)15-18(16-24(26)34-4)17-25-27(33)32-23-8-6-5-7-22(23)31-28(32)37-25/h5-12,15-17H,13-14H2,1-4H3/b25-17+. The Morgan fingerprint density at radius 3 is 2.49 bits per heavy atom. The predicted octanol–water partition coefficient (Wildman–Crippen LogP) is 5.87. The molecule has 37 heavy (non-hydrogen) atoms. The van der Waals surface area contributed by atoms with Crippen molar-refractivity contribution in [3.8, 4) is 17.2 Å². The van der Waals surface area contributed by atoms with Crippen molar-refractivity contribution in [2.45, 2.75) is 26.2 Å².